The van der Waals surface area contributed by atoms with Crippen LogP contribution in [-0.4, -0.2) is 43.1 Å². The van der Waals surface area contributed by atoms with E-state index in [1.807, 2.05) is 48.5 Å². The number of urea groups is 1. The number of amides is 3. The molecule has 3 N–H and O–H groups in total. The minimum Gasteiger partial charge on any atom is -0.493 e. The van der Waals surface area contributed by atoms with Gasteiger partial charge < -0.3 is 25.6 Å². The van der Waals surface area contributed by atoms with Crippen LogP contribution in [0.25, 0.3) is 0 Å². The largest absolute Gasteiger partial charge is 0.493 e. The molecule has 0 spiro atoms. The Morgan fingerprint density at radius 3 is 2.86 bits per heavy atom. The van der Waals surface area contributed by atoms with Crippen LogP contribution in [0.2, 0.25) is 0 Å². The summed E-state index contributed by atoms with van der Waals surface area (Å²) in [5.41, 5.74) is 2.87. The van der Waals surface area contributed by atoms with Crippen LogP contribution in [0.5, 0.6) is 5.75 Å². The first-order valence-electron chi connectivity index (χ1n) is 9.56. The van der Waals surface area contributed by atoms with Crippen molar-refractivity contribution in [1.29, 1.82) is 0 Å². The van der Waals surface area contributed by atoms with Crippen molar-refractivity contribution < 1.29 is 14.3 Å². The molecule has 2 heterocycles. The quantitative estimate of drug-likeness (QED) is 0.718. The Bertz CT molecular complexity index is 870. The van der Waals surface area contributed by atoms with Crippen LogP contribution in [0.3, 0.4) is 0 Å². The smallest absolute Gasteiger partial charge is 0.317 e. The van der Waals surface area contributed by atoms with Gasteiger partial charge in [0.1, 0.15) is 5.75 Å². The number of carbonyl (C=O) groups excluding carboxylic acids is 2. The van der Waals surface area contributed by atoms with Crippen LogP contribution in [0.1, 0.15) is 23.6 Å². The zero-order chi connectivity index (χ0) is 19.3. The third-order valence-corrected chi connectivity index (χ3v) is 5.06. The maximum absolute atomic E-state index is 12.5. The second-order valence-corrected chi connectivity index (χ2v) is 6.96. The molecule has 146 valence electrons. The molecule has 7 heteroatoms. The Kier molecular flexibility index (Phi) is 5.32. The molecule has 1 saturated heterocycles. The van der Waals surface area contributed by atoms with E-state index in [1.165, 1.54) is 0 Å². The molecule has 0 saturated carbocycles. The van der Waals surface area contributed by atoms with Gasteiger partial charge in [-0.25, -0.2) is 4.79 Å². The molecule has 4 rings (SSSR count). The molecule has 3 amide bonds. The highest BCUT2D eigenvalue weighted by atomic mass is 16.5. The van der Waals surface area contributed by atoms with Gasteiger partial charge in [0.25, 0.3) is 0 Å². The minimum absolute atomic E-state index is 0.0391. The van der Waals surface area contributed by atoms with Crippen LogP contribution < -0.4 is 20.7 Å². The van der Waals surface area contributed by atoms with E-state index in [2.05, 4.69) is 16.0 Å². The second-order valence-electron chi connectivity index (χ2n) is 6.96. The monoisotopic (exact) mass is 380 g/mol. The molecule has 1 fully saturated rings. The van der Waals surface area contributed by atoms with Crippen molar-refractivity contribution in [1.82, 2.24) is 15.5 Å². The summed E-state index contributed by atoms with van der Waals surface area (Å²) < 4.78 is 5.65. The predicted molar refractivity (Wildman–Crippen MR) is 106 cm³/mol. The lowest BCUT2D eigenvalue weighted by molar-refractivity contribution is -0.120. The number of benzene rings is 2. The van der Waals surface area contributed by atoms with Gasteiger partial charge in [0.05, 0.1) is 19.2 Å². The summed E-state index contributed by atoms with van der Waals surface area (Å²) in [6, 6.07) is 15.5. The topological polar surface area (TPSA) is 82.7 Å². The number of nitrogens with zero attached hydrogens (tertiary/aromatic N) is 1. The molecule has 1 atom stereocenters. The van der Waals surface area contributed by atoms with Crippen molar-refractivity contribution in [2.75, 3.05) is 31.6 Å². The third kappa shape index (κ3) is 4.03. The van der Waals surface area contributed by atoms with Crippen molar-refractivity contribution in [2.24, 2.45) is 0 Å². The first-order chi connectivity index (χ1) is 13.7. The summed E-state index contributed by atoms with van der Waals surface area (Å²) in [6.45, 7) is 2.64. The standard InChI is InChI=1S/C21H24N4O3/c26-20(24-18-9-12-28-19-8-4-2-6-16(18)19)13-23-17-7-3-1-5-15(17)14-25-11-10-22-21(25)27/h1-8,18,23H,9-14H2,(H,22,27)(H,24,26). The van der Waals surface area contributed by atoms with E-state index in [1.54, 1.807) is 4.90 Å². The van der Waals surface area contributed by atoms with E-state index >= 15 is 0 Å². The Morgan fingerprint density at radius 2 is 2.00 bits per heavy atom. The number of ether oxygens (including phenoxy) is 1. The van der Waals surface area contributed by atoms with Gasteiger partial charge in [-0.2, -0.15) is 0 Å². The molecule has 1 unspecified atom stereocenters. The van der Waals surface area contributed by atoms with Crippen LogP contribution in [0.15, 0.2) is 48.5 Å². The van der Waals surface area contributed by atoms with Crippen LogP contribution in [0.4, 0.5) is 10.5 Å². The van der Waals surface area contributed by atoms with Gasteiger partial charge in [-0.1, -0.05) is 36.4 Å². The molecule has 2 aliphatic rings. The number of rotatable bonds is 6. The average molecular weight is 380 g/mol. The Hall–Kier alpha value is -3.22. The fraction of sp³-hybridized carbons (Fsp3) is 0.333. The summed E-state index contributed by atoms with van der Waals surface area (Å²) in [4.78, 5) is 26.1. The lowest BCUT2D eigenvalue weighted by Gasteiger charge is -2.26. The first kappa shape index (κ1) is 18.2. The minimum atomic E-state index is -0.0737. The molecule has 2 aliphatic heterocycles. The molecule has 0 radical (unpaired) electrons. The van der Waals surface area contributed by atoms with Crippen molar-refractivity contribution >= 4 is 17.6 Å². The van der Waals surface area contributed by atoms with E-state index < -0.39 is 0 Å². The Labute approximate surface area is 164 Å². The summed E-state index contributed by atoms with van der Waals surface area (Å²) >= 11 is 0. The maximum atomic E-state index is 12.5. The fourth-order valence-corrected chi connectivity index (χ4v) is 3.61. The van der Waals surface area contributed by atoms with Gasteiger partial charge >= 0.3 is 6.03 Å². The highest BCUT2D eigenvalue weighted by Gasteiger charge is 2.23. The molecule has 0 bridgehead atoms. The fourth-order valence-electron chi connectivity index (χ4n) is 3.61. The predicted octanol–water partition coefficient (Wildman–Crippen LogP) is 2.26. The van der Waals surface area contributed by atoms with Gasteiger partial charge in [-0.15, -0.1) is 0 Å². The molecular weight excluding hydrogens is 356 g/mol. The molecule has 0 aromatic heterocycles. The number of carbonyl (C=O) groups is 2. The summed E-state index contributed by atoms with van der Waals surface area (Å²) in [6.07, 6.45) is 0.753. The van der Waals surface area contributed by atoms with Gasteiger partial charge in [0, 0.05) is 37.3 Å². The molecule has 7 nitrogen and oxygen atoms in total. The van der Waals surface area contributed by atoms with Crippen LogP contribution in [-0.2, 0) is 11.3 Å². The van der Waals surface area contributed by atoms with Crippen molar-refractivity contribution in [3.05, 3.63) is 59.7 Å². The highest BCUT2D eigenvalue weighted by Crippen LogP contribution is 2.31. The van der Waals surface area contributed by atoms with Crippen molar-refractivity contribution in [2.45, 2.75) is 19.0 Å². The Balaban J connectivity index is 1.36. The lowest BCUT2D eigenvalue weighted by atomic mass is 10.0. The lowest BCUT2D eigenvalue weighted by Crippen LogP contribution is -2.36. The van der Waals surface area contributed by atoms with Gasteiger partial charge in [-0.05, 0) is 17.7 Å². The van der Waals surface area contributed by atoms with Gasteiger partial charge in [-0.3, -0.25) is 4.79 Å². The highest BCUT2D eigenvalue weighted by molar-refractivity contribution is 5.81. The van der Waals surface area contributed by atoms with Crippen molar-refractivity contribution in [3.63, 3.8) is 0 Å². The number of anilines is 1. The summed E-state index contributed by atoms with van der Waals surface area (Å²) in [7, 11) is 0. The number of fused-ring (bicyclic) bond motifs is 1. The number of hydrogen-bond acceptors (Lipinski definition) is 4. The molecular formula is C21H24N4O3. The number of hydrogen-bond donors (Lipinski definition) is 3. The first-order valence-corrected chi connectivity index (χ1v) is 9.56. The SMILES string of the molecule is O=C(CNc1ccccc1CN1CCNC1=O)NC1CCOc2ccccc21. The molecule has 2 aromatic carbocycles. The van der Waals surface area contributed by atoms with Crippen LogP contribution in [0, 0.1) is 0 Å². The van der Waals surface area contributed by atoms with Crippen molar-refractivity contribution in [3.8, 4) is 5.75 Å². The van der Waals surface area contributed by atoms with E-state index in [0.29, 0.717) is 26.2 Å². The average Bonchev–Trinajstić information content (AvgIpc) is 3.12. The van der Waals surface area contributed by atoms with E-state index in [9.17, 15) is 9.59 Å². The molecule has 0 aliphatic carbocycles. The zero-order valence-corrected chi connectivity index (χ0v) is 15.6. The van der Waals surface area contributed by atoms with Gasteiger partial charge in [0.15, 0.2) is 0 Å². The Morgan fingerprint density at radius 1 is 1.18 bits per heavy atom. The van der Waals surface area contributed by atoms with E-state index in [0.717, 1.165) is 29.0 Å². The summed E-state index contributed by atoms with van der Waals surface area (Å²) in [5, 5.41) is 9.11. The van der Waals surface area contributed by atoms with E-state index in [4.69, 9.17) is 4.74 Å². The van der Waals surface area contributed by atoms with Crippen LogP contribution >= 0.6 is 0 Å². The van der Waals surface area contributed by atoms with Gasteiger partial charge in [0.2, 0.25) is 5.91 Å². The molecule has 28 heavy (non-hydrogen) atoms. The zero-order valence-electron chi connectivity index (χ0n) is 15.6. The normalized spacial score (nSPS) is 18.1. The number of nitrogens with one attached hydrogen (secondary N) is 3. The van der Waals surface area contributed by atoms with E-state index in [-0.39, 0.29) is 24.5 Å². The maximum Gasteiger partial charge on any atom is 0.317 e. The molecule has 2 aromatic rings. The summed E-state index contributed by atoms with van der Waals surface area (Å²) in [5.74, 6) is 0.761. The number of para-hydroxylation sites is 2. The third-order valence-electron chi connectivity index (χ3n) is 5.06. The second kappa shape index (κ2) is 8.21.